The molecule has 0 radical (unpaired) electrons. The first-order valence-corrected chi connectivity index (χ1v) is 7.23. The molecule has 0 unspecified atom stereocenters. The fourth-order valence-electron chi connectivity index (χ4n) is 1.87. The zero-order valence-corrected chi connectivity index (χ0v) is 13.1. The molecule has 1 aromatic heterocycles. The molecule has 1 aromatic carbocycles. The molecule has 22 heavy (non-hydrogen) atoms. The van der Waals surface area contributed by atoms with Gasteiger partial charge >= 0.3 is 6.09 Å². The number of H-pyrrole nitrogens is 1. The van der Waals surface area contributed by atoms with Crippen LogP contribution in [0.25, 0.3) is 11.3 Å². The van der Waals surface area contributed by atoms with Crippen molar-refractivity contribution in [3.8, 4) is 11.3 Å². The van der Waals surface area contributed by atoms with Crippen LogP contribution < -0.4 is 10.6 Å². The molecule has 0 aliphatic heterocycles. The highest BCUT2D eigenvalue weighted by Crippen LogP contribution is 2.18. The molecule has 1 heterocycles. The zero-order valence-electron chi connectivity index (χ0n) is 13.1. The van der Waals surface area contributed by atoms with Crippen molar-refractivity contribution < 1.29 is 9.53 Å². The minimum absolute atomic E-state index is 0.399. The van der Waals surface area contributed by atoms with Crippen molar-refractivity contribution in [3.63, 3.8) is 0 Å². The molecule has 2 aromatic rings. The van der Waals surface area contributed by atoms with E-state index in [-0.39, 0.29) is 0 Å². The summed E-state index contributed by atoms with van der Waals surface area (Å²) in [5, 5.41) is 5.95. The van der Waals surface area contributed by atoms with Crippen LogP contribution in [0.4, 0.5) is 10.5 Å². The van der Waals surface area contributed by atoms with Crippen molar-refractivity contribution in [2.75, 3.05) is 18.4 Å². The van der Waals surface area contributed by atoms with Gasteiger partial charge in [-0.2, -0.15) is 0 Å². The minimum Gasteiger partial charge on any atom is -0.444 e. The molecular weight excluding hydrogens is 280 g/mol. The number of benzene rings is 1. The van der Waals surface area contributed by atoms with Crippen LogP contribution in [0.2, 0.25) is 0 Å². The van der Waals surface area contributed by atoms with Crippen LogP contribution in [0.5, 0.6) is 0 Å². The van der Waals surface area contributed by atoms with E-state index in [2.05, 4.69) is 20.6 Å². The summed E-state index contributed by atoms with van der Waals surface area (Å²) in [7, 11) is 0. The average Bonchev–Trinajstić information content (AvgIpc) is 2.96. The van der Waals surface area contributed by atoms with Gasteiger partial charge < -0.3 is 20.4 Å². The predicted molar refractivity (Wildman–Crippen MR) is 86.8 cm³/mol. The van der Waals surface area contributed by atoms with Gasteiger partial charge in [0, 0.05) is 18.8 Å². The smallest absolute Gasteiger partial charge is 0.407 e. The molecule has 0 bridgehead atoms. The van der Waals surface area contributed by atoms with Crippen LogP contribution in [0.3, 0.4) is 0 Å². The molecule has 1 amide bonds. The molecule has 0 aliphatic carbocycles. The van der Waals surface area contributed by atoms with Crippen molar-refractivity contribution in [1.29, 1.82) is 0 Å². The highest BCUT2D eigenvalue weighted by atomic mass is 16.6. The number of aromatic nitrogens is 2. The van der Waals surface area contributed by atoms with Crippen LogP contribution in [0, 0.1) is 0 Å². The molecule has 0 aliphatic rings. The molecule has 0 saturated heterocycles. The number of aromatic amines is 1. The summed E-state index contributed by atoms with van der Waals surface area (Å²) >= 11 is 0. The van der Waals surface area contributed by atoms with Gasteiger partial charge in [0.1, 0.15) is 5.60 Å². The first-order valence-electron chi connectivity index (χ1n) is 7.23. The van der Waals surface area contributed by atoms with Crippen LogP contribution in [-0.4, -0.2) is 34.8 Å². The Balaban J connectivity index is 1.72. The molecule has 6 heteroatoms. The molecule has 0 saturated carbocycles. The lowest BCUT2D eigenvalue weighted by atomic mass is 10.1. The molecular formula is C16H22N4O2. The number of rotatable bonds is 5. The summed E-state index contributed by atoms with van der Waals surface area (Å²) in [6.07, 6.45) is 3.04. The van der Waals surface area contributed by atoms with Crippen molar-refractivity contribution in [1.82, 2.24) is 15.3 Å². The van der Waals surface area contributed by atoms with E-state index in [1.807, 2.05) is 45.0 Å². The second-order valence-corrected chi connectivity index (χ2v) is 5.90. The van der Waals surface area contributed by atoms with Crippen molar-refractivity contribution in [2.45, 2.75) is 26.4 Å². The van der Waals surface area contributed by atoms with Gasteiger partial charge in [-0.1, -0.05) is 12.1 Å². The number of imidazole rings is 1. The molecule has 0 fully saturated rings. The highest BCUT2D eigenvalue weighted by molar-refractivity contribution is 5.67. The first-order chi connectivity index (χ1) is 10.4. The van der Waals surface area contributed by atoms with Crippen molar-refractivity contribution in [2.24, 2.45) is 0 Å². The maximum Gasteiger partial charge on any atom is 0.407 e. The zero-order chi connectivity index (χ0) is 16.0. The van der Waals surface area contributed by atoms with E-state index >= 15 is 0 Å². The topological polar surface area (TPSA) is 79.0 Å². The lowest BCUT2D eigenvalue weighted by molar-refractivity contribution is 0.0530. The van der Waals surface area contributed by atoms with E-state index in [1.165, 1.54) is 0 Å². The van der Waals surface area contributed by atoms with Crippen LogP contribution in [0.15, 0.2) is 36.8 Å². The summed E-state index contributed by atoms with van der Waals surface area (Å²) in [5.41, 5.74) is 2.59. The molecule has 3 N–H and O–H groups in total. The van der Waals surface area contributed by atoms with Gasteiger partial charge in [0.05, 0.1) is 18.2 Å². The third-order valence-corrected chi connectivity index (χ3v) is 2.82. The van der Waals surface area contributed by atoms with Gasteiger partial charge in [0.2, 0.25) is 0 Å². The Morgan fingerprint density at radius 2 is 1.95 bits per heavy atom. The standard InChI is InChI=1S/C16H22N4O2/c1-16(2,3)22-15(21)19-9-8-18-13-6-4-12(5-7-13)14-10-17-11-20-14/h4-7,10-11,18H,8-9H2,1-3H3,(H,17,20)(H,19,21). The fourth-order valence-corrected chi connectivity index (χ4v) is 1.87. The van der Waals surface area contributed by atoms with Gasteiger partial charge in [0.15, 0.2) is 0 Å². The van der Waals surface area contributed by atoms with E-state index in [4.69, 9.17) is 4.74 Å². The van der Waals surface area contributed by atoms with Gasteiger partial charge in [-0.25, -0.2) is 9.78 Å². The Labute approximate surface area is 130 Å². The number of hydrogen-bond acceptors (Lipinski definition) is 4. The summed E-state index contributed by atoms with van der Waals surface area (Å²) in [5.74, 6) is 0. The number of carbonyl (C=O) groups excluding carboxylic acids is 1. The second kappa shape index (κ2) is 6.98. The van der Waals surface area contributed by atoms with Crippen molar-refractivity contribution in [3.05, 3.63) is 36.8 Å². The van der Waals surface area contributed by atoms with Crippen molar-refractivity contribution >= 4 is 11.8 Å². The maximum atomic E-state index is 11.5. The fraction of sp³-hybridized carbons (Fsp3) is 0.375. The second-order valence-electron chi connectivity index (χ2n) is 5.90. The van der Waals surface area contributed by atoms with Crippen LogP contribution >= 0.6 is 0 Å². The SMILES string of the molecule is CC(C)(C)OC(=O)NCCNc1ccc(-c2cnc[nH]2)cc1. The lowest BCUT2D eigenvalue weighted by Gasteiger charge is -2.19. The quantitative estimate of drug-likeness (QED) is 0.742. The molecule has 2 rings (SSSR count). The summed E-state index contributed by atoms with van der Waals surface area (Å²) in [6, 6.07) is 8.00. The summed E-state index contributed by atoms with van der Waals surface area (Å²) < 4.78 is 5.16. The van der Waals surface area contributed by atoms with E-state index in [0.717, 1.165) is 16.9 Å². The van der Waals surface area contributed by atoms with Gasteiger partial charge in [-0.3, -0.25) is 0 Å². The number of amides is 1. The number of ether oxygens (including phenoxy) is 1. The average molecular weight is 302 g/mol. The van der Waals surface area contributed by atoms with Crippen LogP contribution in [-0.2, 0) is 4.74 Å². The Kier molecular flexibility index (Phi) is 5.04. The normalized spacial score (nSPS) is 11.0. The van der Waals surface area contributed by atoms with Crippen LogP contribution in [0.1, 0.15) is 20.8 Å². The van der Waals surface area contributed by atoms with E-state index in [9.17, 15) is 4.79 Å². The Bertz CT molecular complexity index is 586. The largest absolute Gasteiger partial charge is 0.444 e. The molecule has 6 nitrogen and oxygen atoms in total. The Morgan fingerprint density at radius 3 is 2.55 bits per heavy atom. The summed E-state index contributed by atoms with van der Waals surface area (Å²) in [6.45, 7) is 6.64. The number of nitrogens with one attached hydrogen (secondary N) is 3. The van der Waals surface area contributed by atoms with E-state index in [1.54, 1.807) is 12.5 Å². The van der Waals surface area contributed by atoms with E-state index < -0.39 is 11.7 Å². The molecule has 0 spiro atoms. The van der Waals surface area contributed by atoms with Gasteiger partial charge in [-0.05, 0) is 38.5 Å². The Hall–Kier alpha value is -2.50. The number of carbonyl (C=O) groups is 1. The molecule has 118 valence electrons. The first kappa shape index (κ1) is 15.9. The third kappa shape index (κ3) is 5.12. The highest BCUT2D eigenvalue weighted by Gasteiger charge is 2.15. The van der Waals surface area contributed by atoms with E-state index in [0.29, 0.717) is 13.1 Å². The number of alkyl carbamates (subject to hydrolysis) is 1. The predicted octanol–water partition coefficient (Wildman–Crippen LogP) is 3.01. The Morgan fingerprint density at radius 1 is 1.23 bits per heavy atom. The maximum absolute atomic E-state index is 11.5. The molecule has 0 atom stereocenters. The number of nitrogens with zero attached hydrogens (tertiary/aromatic N) is 1. The number of hydrogen-bond donors (Lipinski definition) is 3. The minimum atomic E-state index is -0.472. The van der Waals surface area contributed by atoms with Gasteiger partial charge in [0.25, 0.3) is 0 Å². The van der Waals surface area contributed by atoms with Gasteiger partial charge in [-0.15, -0.1) is 0 Å². The monoisotopic (exact) mass is 302 g/mol. The number of anilines is 1. The third-order valence-electron chi connectivity index (χ3n) is 2.82. The lowest BCUT2D eigenvalue weighted by Crippen LogP contribution is -2.34. The summed E-state index contributed by atoms with van der Waals surface area (Å²) in [4.78, 5) is 18.5.